The summed E-state index contributed by atoms with van der Waals surface area (Å²) in [6.07, 6.45) is 0.913. The van der Waals surface area contributed by atoms with Crippen molar-refractivity contribution in [1.29, 1.82) is 0 Å². The number of carbonyl (C=O) groups excluding carboxylic acids is 1. The van der Waals surface area contributed by atoms with Crippen molar-refractivity contribution in [3.8, 4) is 0 Å². The minimum Gasteiger partial charge on any atom is -0.352 e. The molecule has 2 rings (SSSR count). The van der Waals surface area contributed by atoms with E-state index in [0.29, 0.717) is 25.1 Å². The second kappa shape index (κ2) is 7.42. The van der Waals surface area contributed by atoms with Gasteiger partial charge in [-0.2, -0.15) is 10.1 Å². The second-order valence-corrected chi connectivity index (χ2v) is 6.31. The first-order valence-electron chi connectivity index (χ1n) is 8.13. The van der Waals surface area contributed by atoms with Crippen molar-refractivity contribution in [3.63, 3.8) is 0 Å². The van der Waals surface area contributed by atoms with E-state index in [1.165, 1.54) is 0 Å². The summed E-state index contributed by atoms with van der Waals surface area (Å²) in [7, 11) is 0. The van der Waals surface area contributed by atoms with Crippen LogP contribution in [0.15, 0.2) is 10.9 Å². The number of aryl methyl sites for hydroxylation is 4. The zero-order chi connectivity index (χ0) is 17.9. The van der Waals surface area contributed by atoms with Crippen LogP contribution in [0.3, 0.4) is 0 Å². The number of nitrogens with zero attached hydrogens (tertiary/aromatic N) is 3. The number of nitrogens with one attached hydrogen (secondary N) is 2. The number of aromatic nitrogens is 4. The average molecular weight is 331 g/mol. The van der Waals surface area contributed by atoms with Crippen molar-refractivity contribution in [1.82, 2.24) is 25.1 Å². The Hall–Kier alpha value is -2.44. The fraction of sp³-hybridized carbons (Fsp3) is 0.529. The van der Waals surface area contributed by atoms with Gasteiger partial charge in [-0.25, -0.2) is 4.79 Å². The molecule has 0 bridgehead atoms. The van der Waals surface area contributed by atoms with E-state index in [1.807, 2.05) is 38.4 Å². The molecule has 2 aromatic heterocycles. The van der Waals surface area contributed by atoms with Crippen molar-refractivity contribution in [3.05, 3.63) is 44.9 Å². The number of carbonyl (C=O) groups is 1. The molecule has 0 radical (unpaired) electrons. The minimum absolute atomic E-state index is 0.00796. The van der Waals surface area contributed by atoms with Gasteiger partial charge in [0, 0.05) is 29.5 Å². The molecule has 1 amide bonds. The third-order valence-electron chi connectivity index (χ3n) is 4.01. The van der Waals surface area contributed by atoms with E-state index >= 15 is 0 Å². The average Bonchev–Trinajstić information content (AvgIpc) is 2.75. The van der Waals surface area contributed by atoms with Gasteiger partial charge in [-0.1, -0.05) is 0 Å². The smallest absolute Gasteiger partial charge is 0.345 e. The lowest BCUT2D eigenvalue weighted by Gasteiger charge is -2.15. The normalized spacial score (nSPS) is 12.2. The van der Waals surface area contributed by atoms with Crippen LogP contribution in [0.2, 0.25) is 0 Å². The van der Waals surface area contributed by atoms with E-state index < -0.39 is 0 Å². The van der Waals surface area contributed by atoms with E-state index in [2.05, 4.69) is 20.4 Å². The molecule has 0 spiro atoms. The molecule has 7 nitrogen and oxygen atoms in total. The van der Waals surface area contributed by atoms with Crippen LogP contribution in [0.5, 0.6) is 0 Å². The van der Waals surface area contributed by atoms with Crippen LogP contribution in [0.4, 0.5) is 0 Å². The highest BCUT2D eigenvalue weighted by molar-refractivity contribution is 5.76. The third kappa shape index (κ3) is 4.53. The van der Waals surface area contributed by atoms with Gasteiger partial charge in [0.05, 0.1) is 12.2 Å². The van der Waals surface area contributed by atoms with Crippen LogP contribution < -0.4 is 11.0 Å². The van der Waals surface area contributed by atoms with Crippen molar-refractivity contribution in [2.75, 3.05) is 0 Å². The standard InChI is InChI=1S/C17H25N5O2/c1-10-8-12(3)22(21-10)9-11(2)18-16(23)7-6-15-13(4)19-17(24)20-14(15)5/h8,11H,6-7,9H2,1-5H3,(H,18,23)(H,19,20,24)/t11-/m1/s1. The first-order chi connectivity index (χ1) is 11.3. The van der Waals surface area contributed by atoms with Crippen molar-refractivity contribution in [2.24, 2.45) is 0 Å². The van der Waals surface area contributed by atoms with E-state index in [1.54, 1.807) is 6.92 Å². The summed E-state index contributed by atoms with van der Waals surface area (Å²) in [5.41, 5.74) is 4.09. The Labute approximate surface area is 141 Å². The van der Waals surface area contributed by atoms with Gasteiger partial charge in [-0.15, -0.1) is 0 Å². The number of amides is 1. The highest BCUT2D eigenvalue weighted by atomic mass is 16.1. The Morgan fingerprint density at radius 2 is 2.04 bits per heavy atom. The Kier molecular flexibility index (Phi) is 5.54. The molecular formula is C17H25N5O2. The topological polar surface area (TPSA) is 92.7 Å². The van der Waals surface area contributed by atoms with Gasteiger partial charge >= 0.3 is 5.69 Å². The van der Waals surface area contributed by atoms with E-state index in [9.17, 15) is 9.59 Å². The summed E-state index contributed by atoms with van der Waals surface area (Å²) in [5.74, 6) is -0.0194. The molecule has 7 heteroatoms. The summed E-state index contributed by atoms with van der Waals surface area (Å²) >= 11 is 0. The number of H-pyrrole nitrogens is 1. The highest BCUT2D eigenvalue weighted by Gasteiger charge is 2.12. The summed E-state index contributed by atoms with van der Waals surface area (Å²) < 4.78 is 1.90. The molecule has 0 saturated carbocycles. The zero-order valence-corrected chi connectivity index (χ0v) is 14.9. The number of hydrogen-bond acceptors (Lipinski definition) is 4. The fourth-order valence-corrected chi connectivity index (χ4v) is 2.87. The zero-order valence-electron chi connectivity index (χ0n) is 14.9. The summed E-state index contributed by atoms with van der Waals surface area (Å²) in [4.78, 5) is 30.0. The summed E-state index contributed by atoms with van der Waals surface area (Å²) in [5, 5.41) is 7.40. The van der Waals surface area contributed by atoms with Crippen LogP contribution in [0.1, 0.15) is 41.7 Å². The Morgan fingerprint density at radius 3 is 2.62 bits per heavy atom. The monoisotopic (exact) mass is 331 g/mol. The maximum atomic E-state index is 12.2. The van der Waals surface area contributed by atoms with Crippen LogP contribution in [-0.4, -0.2) is 31.7 Å². The van der Waals surface area contributed by atoms with E-state index in [-0.39, 0.29) is 17.6 Å². The fourth-order valence-electron chi connectivity index (χ4n) is 2.87. The van der Waals surface area contributed by atoms with Gasteiger partial charge in [0.15, 0.2) is 0 Å². The molecule has 130 valence electrons. The predicted octanol–water partition coefficient (Wildman–Crippen LogP) is 1.34. The highest BCUT2D eigenvalue weighted by Crippen LogP contribution is 2.10. The lowest BCUT2D eigenvalue weighted by Crippen LogP contribution is -2.36. The van der Waals surface area contributed by atoms with Crippen LogP contribution in [0, 0.1) is 27.7 Å². The Balaban J connectivity index is 1.89. The lowest BCUT2D eigenvalue weighted by atomic mass is 10.1. The second-order valence-electron chi connectivity index (χ2n) is 6.31. The number of hydrogen-bond donors (Lipinski definition) is 2. The Morgan fingerprint density at radius 1 is 1.33 bits per heavy atom. The molecule has 0 aliphatic carbocycles. The summed E-state index contributed by atoms with van der Waals surface area (Å²) in [6, 6.07) is 2.01. The van der Waals surface area contributed by atoms with Gasteiger partial charge in [-0.3, -0.25) is 9.48 Å². The van der Waals surface area contributed by atoms with Crippen molar-refractivity contribution >= 4 is 5.91 Å². The third-order valence-corrected chi connectivity index (χ3v) is 4.01. The first kappa shape index (κ1) is 17.9. The first-order valence-corrected chi connectivity index (χ1v) is 8.13. The van der Waals surface area contributed by atoms with E-state index in [0.717, 1.165) is 22.6 Å². The molecule has 2 heterocycles. The minimum atomic E-state index is -0.350. The Bertz CT molecular complexity index is 765. The molecule has 0 aliphatic heterocycles. The van der Waals surface area contributed by atoms with Crippen molar-refractivity contribution < 1.29 is 4.79 Å². The van der Waals surface area contributed by atoms with Gasteiger partial charge < -0.3 is 10.3 Å². The lowest BCUT2D eigenvalue weighted by molar-refractivity contribution is -0.121. The molecule has 0 saturated heterocycles. The molecule has 0 unspecified atom stereocenters. The van der Waals surface area contributed by atoms with Crippen LogP contribution in [0.25, 0.3) is 0 Å². The molecule has 0 fully saturated rings. The van der Waals surface area contributed by atoms with Gasteiger partial charge in [-0.05, 0) is 52.7 Å². The molecule has 0 aliphatic rings. The van der Waals surface area contributed by atoms with Gasteiger partial charge in [0.1, 0.15) is 0 Å². The maximum absolute atomic E-state index is 12.2. The van der Waals surface area contributed by atoms with Crippen molar-refractivity contribution in [2.45, 2.75) is 60.0 Å². The molecule has 1 atom stereocenters. The van der Waals surface area contributed by atoms with Gasteiger partial charge in [0.25, 0.3) is 0 Å². The molecule has 24 heavy (non-hydrogen) atoms. The number of aromatic amines is 1. The van der Waals surface area contributed by atoms with Crippen LogP contribution >= 0.6 is 0 Å². The molecular weight excluding hydrogens is 306 g/mol. The summed E-state index contributed by atoms with van der Waals surface area (Å²) in [6.45, 7) is 10.2. The molecule has 2 N–H and O–H groups in total. The molecule has 0 aromatic carbocycles. The predicted molar refractivity (Wildman–Crippen MR) is 92.0 cm³/mol. The SMILES string of the molecule is Cc1cc(C)n(C[C@@H](C)NC(=O)CCc2c(C)nc(=O)[nH]c2C)n1. The largest absolute Gasteiger partial charge is 0.352 e. The van der Waals surface area contributed by atoms with E-state index in [4.69, 9.17) is 0 Å². The number of rotatable bonds is 6. The molecule has 2 aromatic rings. The van der Waals surface area contributed by atoms with Crippen LogP contribution in [-0.2, 0) is 17.8 Å². The van der Waals surface area contributed by atoms with Gasteiger partial charge in [0.2, 0.25) is 5.91 Å². The maximum Gasteiger partial charge on any atom is 0.345 e. The quantitative estimate of drug-likeness (QED) is 0.835.